The highest BCUT2D eigenvalue weighted by Crippen LogP contribution is 2.10. The van der Waals surface area contributed by atoms with Crippen molar-refractivity contribution >= 4 is 23.0 Å². The van der Waals surface area contributed by atoms with Crippen LogP contribution in [0.2, 0.25) is 0 Å². The largest absolute Gasteiger partial charge is 0.582 e. The summed E-state index contributed by atoms with van der Waals surface area (Å²) in [6, 6.07) is 4.51. The highest BCUT2D eigenvalue weighted by molar-refractivity contribution is 5.70. The number of fused-ring (bicyclic) bond motifs is 1. The van der Waals surface area contributed by atoms with Crippen molar-refractivity contribution in [3.63, 3.8) is 0 Å². The van der Waals surface area contributed by atoms with Crippen LogP contribution < -0.4 is 14.9 Å². The highest BCUT2D eigenvalue weighted by Gasteiger charge is 2.24. The number of rotatable bonds is 6. The zero-order valence-corrected chi connectivity index (χ0v) is 12.9. The molecule has 1 aromatic heterocycles. The Morgan fingerprint density at radius 3 is 2.83 bits per heavy atom. The van der Waals surface area contributed by atoms with E-state index in [1.165, 1.54) is 12.1 Å². The molecule has 0 aliphatic rings. The fraction of sp³-hybridized carbons (Fsp3) is 0.429. The third-order valence-corrected chi connectivity index (χ3v) is 3.02. The number of aliphatic hydroxyl groups is 1. The summed E-state index contributed by atoms with van der Waals surface area (Å²) in [5, 5.41) is 37.5. The number of ether oxygens (including phenoxy) is 1. The Balaban J connectivity index is 2.16. The van der Waals surface area contributed by atoms with Crippen molar-refractivity contribution in [2.24, 2.45) is 0 Å². The number of nitrogens with one attached hydrogen (secondary N) is 1. The number of esters is 1. The van der Waals surface area contributed by atoms with Gasteiger partial charge in [0.1, 0.15) is 0 Å². The van der Waals surface area contributed by atoms with Gasteiger partial charge in [-0.15, -0.1) is 0 Å². The second-order valence-corrected chi connectivity index (χ2v) is 5.20. The van der Waals surface area contributed by atoms with Crippen LogP contribution in [0.1, 0.15) is 25.8 Å². The molecule has 0 bridgehead atoms. The molecule has 2 aromatic rings. The second kappa shape index (κ2) is 7.05. The van der Waals surface area contributed by atoms with E-state index in [0.717, 1.165) is 4.73 Å². The van der Waals surface area contributed by atoms with E-state index in [9.17, 15) is 15.2 Å². The number of anilines is 1. The molecule has 0 atom stereocenters. The number of carbonyl (C=O) groups excluding carboxylic acids is 1. The maximum absolute atomic E-state index is 11.9. The van der Waals surface area contributed by atoms with Gasteiger partial charge in [0.05, 0.1) is 25.7 Å². The molecule has 2 rings (SSSR count). The van der Waals surface area contributed by atoms with Gasteiger partial charge in [0.15, 0.2) is 0 Å². The van der Waals surface area contributed by atoms with Crippen molar-refractivity contribution in [1.29, 1.82) is 0 Å². The zero-order valence-electron chi connectivity index (χ0n) is 12.9. The molecular formula is C14H19N4O5+. The molecule has 124 valence electrons. The second-order valence-electron chi connectivity index (χ2n) is 5.20. The van der Waals surface area contributed by atoms with Crippen molar-refractivity contribution < 1.29 is 29.4 Å². The molecule has 9 nitrogen and oxygen atoms in total. The molecule has 0 saturated carbocycles. The standard InChI is InChI=1S/C14H18N4O5/c1-9(2)23-13(20)5-6-15-14-16-18(22)12-7-10(8-19)3-4-11(12)17(14)21/h3-4,7,9,19,21H,5-6,8H2,1-2H3/p+1. The van der Waals surface area contributed by atoms with E-state index in [1.807, 2.05) is 0 Å². The van der Waals surface area contributed by atoms with Crippen molar-refractivity contribution in [2.75, 3.05) is 11.9 Å². The monoisotopic (exact) mass is 323 g/mol. The summed E-state index contributed by atoms with van der Waals surface area (Å²) in [5.74, 6) is -0.484. The van der Waals surface area contributed by atoms with Crippen LogP contribution in [-0.4, -0.2) is 34.0 Å². The Bertz CT molecular complexity index is 720. The van der Waals surface area contributed by atoms with E-state index >= 15 is 0 Å². The lowest BCUT2D eigenvalue weighted by molar-refractivity contribution is -0.883. The average molecular weight is 323 g/mol. The van der Waals surface area contributed by atoms with Gasteiger partial charge in [0.2, 0.25) is 10.6 Å². The average Bonchev–Trinajstić information content (AvgIpc) is 2.50. The maximum Gasteiger partial charge on any atom is 0.496 e. The fourth-order valence-corrected chi connectivity index (χ4v) is 2.00. The van der Waals surface area contributed by atoms with Gasteiger partial charge in [-0.25, -0.2) is 0 Å². The summed E-state index contributed by atoms with van der Waals surface area (Å²) < 4.78 is 5.70. The summed E-state index contributed by atoms with van der Waals surface area (Å²) >= 11 is 0. The lowest BCUT2D eigenvalue weighted by atomic mass is 10.2. The van der Waals surface area contributed by atoms with Gasteiger partial charge in [-0.05, 0) is 30.2 Å². The van der Waals surface area contributed by atoms with Gasteiger partial charge in [-0.2, -0.15) is 0 Å². The minimum atomic E-state index is -0.389. The molecule has 1 heterocycles. The first-order valence-electron chi connectivity index (χ1n) is 7.14. The van der Waals surface area contributed by atoms with Crippen LogP contribution in [0.3, 0.4) is 0 Å². The molecule has 23 heavy (non-hydrogen) atoms. The number of nitrogens with zero attached hydrogens (tertiary/aromatic N) is 3. The Kier molecular flexibility index (Phi) is 5.12. The van der Waals surface area contributed by atoms with Crippen LogP contribution in [-0.2, 0) is 16.1 Å². The third-order valence-electron chi connectivity index (χ3n) is 3.02. The van der Waals surface area contributed by atoms with Crippen LogP contribution in [0.5, 0.6) is 0 Å². The molecule has 0 spiro atoms. The summed E-state index contributed by atoms with van der Waals surface area (Å²) in [6.45, 7) is 3.43. The maximum atomic E-state index is 11.9. The minimum absolute atomic E-state index is 0.0696. The lowest BCUT2D eigenvalue weighted by Gasteiger charge is -2.07. The SMILES string of the molecule is CC(C)OC(=O)CCNc1n[n+]([O-])c2cc(CO)ccc2[n+]1O. The van der Waals surface area contributed by atoms with Gasteiger partial charge in [0, 0.05) is 10.9 Å². The first-order chi connectivity index (χ1) is 10.9. The molecule has 0 aliphatic heterocycles. The zero-order chi connectivity index (χ0) is 17.0. The molecule has 0 unspecified atom stereocenters. The number of aromatic nitrogens is 3. The molecule has 0 saturated heterocycles. The quantitative estimate of drug-likeness (QED) is 0.287. The predicted octanol–water partition coefficient (Wildman–Crippen LogP) is -0.361. The van der Waals surface area contributed by atoms with Crippen LogP contribution in [0.4, 0.5) is 5.95 Å². The Hall–Kier alpha value is -2.68. The molecule has 1 aromatic carbocycles. The van der Waals surface area contributed by atoms with Gasteiger partial charge in [-0.3, -0.25) is 10.1 Å². The van der Waals surface area contributed by atoms with E-state index in [0.29, 0.717) is 10.4 Å². The first kappa shape index (κ1) is 16.7. The molecule has 0 fully saturated rings. The highest BCUT2D eigenvalue weighted by atomic mass is 16.5. The predicted molar refractivity (Wildman–Crippen MR) is 78.3 cm³/mol. The minimum Gasteiger partial charge on any atom is -0.582 e. The first-order valence-corrected chi connectivity index (χ1v) is 7.14. The Morgan fingerprint density at radius 2 is 2.17 bits per heavy atom. The number of benzene rings is 1. The van der Waals surface area contributed by atoms with E-state index in [1.54, 1.807) is 19.9 Å². The van der Waals surface area contributed by atoms with Crippen molar-refractivity contribution in [2.45, 2.75) is 33.0 Å². The van der Waals surface area contributed by atoms with Gasteiger partial charge in [0.25, 0.3) is 0 Å². The Labute approximate surface area is 132 Å². The molecule has 0 amide bonds. The van der Waals surface area contributed by atoms with Crippen LogP contribution in [0.15, 0.2) is 18.2 Å². The van der Waals surface area contributed by atoms with Gasteiger partial charge >= 0.3 is 17.4 Å². The topological polar surface area (TPSA) is 122 Å². The van der Waals surface area contributed by atoms with E-state index in [4.69, 9.17) is 9.84 Å². The summed E-state index contributed by atoms with van der Waals surface area (Å²) in [7, 11) is 0. The fourth-order valence-electron chi connectivity index (χ4n) is 2.00. The number of hydrogen-bond acceptors (Lipinski definition) is 7. The van der Waals surface area contributed by atoms with Crippen molar-refractivity contribution in [1.82, 2.24) is 5.10 Å². The van der Waals surface area contributed by atoms with Gasteiger partial charge < -0.3 is 20.3 Å². The number of hydrogen-bond donors (Lipinski definition) is 3. The summed E-state index contributed by atoms with van der Waals surface area (Å²) in [6.07, 6.45) is -0.131. The van der Waals surface area contributed by atoms with E-state index < -0.39 is 0 Å². The molecule has 9 heteroatoms. The third kappa shape index (κ3) is 3.95. The smallest absolute Gasteiger partial charge is 0.496 e. The molecule has 0 aliphatic carbocycles. The normalized spacial score (nSPS) is 11.0. The Morgan fingerprint density at radius 1 is 1.43 bits per heavy atom. The van der Waals surface area contributed by atoms with Gasteiger partial charge in [-0.1, -0.05) is 6.07 Å². The van der Waals surface area contributed by atoms with Crippen molar-refractivity contribution in [3.8, 4) is 0 Å². The van der Waals surface area contributed by atoms with Crippen LogP contribution >= 0.6 is 0 Å². The summed E-state index contributed by atoms with van der Waals surface area (Å²) in [4.78, 5) is 11.8. The summed E-state index contributed by atoms with van der Waals surface area (Å²) in [5.41, 5.74) is 0.865. The number of carbonyl (C=O) groups is 1. The van der Waals surface area contributed by atoms with E-state index in [-0.39, 0.29) is 48.6 Å². The lowest BCUT2D eigenvalue weighted by Crippen LogP contribution is -2.46. The van der Waals surface area contributed by atoms with Crippen molar-refractivity contribution in [3.05, 3.63) is 29.0 Å². The molecule has 0 radical (unpaired) electrons. The van der Waals surface area contributed by atoms with Crippen LogP contribution in [0, 0.1) is 5.21 Å². The molecular weight excluding hydrogens is 304 g/mol. The number of aliphatic hydroxyl groups excluding tert-OH is 1. The van der Waals surface area contributed by atoms with E-state index in [2.05, 4.69) is 10.4 Å². The van der Waals surface area contributed by atoms with Crippen LogP contribution in [0.25, 0.3) is 11.0 Å². The molecule has 3 N–H and O–H groups in total.